The number of carboxylic acids is 1. The first kappa shape index (κ1) is 14.9. The maximum Gasteiger partial charge on any atom is 0.326 e. The Bertz CT molecular complexity index is 245. The van der Waals surface area contributed by atoms with Crippen LogP contribution >= 0.6 is 0 Å². The van der Waals surface area contributed by atoms with Crippen LogP contribution in [0.25, 0.3) is 0 Å². The molecule has 0 bridgehead atoms. The molecule has 0 unspecified atom stereocenters. The maximum absolute atomic E-state index is 11.4. The zero-order chi connectivity index (χ0) is 12.8. The van der Waals surface area contributed by atoms with E-state index in [0.29, 0.717) is 13.0 Å². The molecule has 0 spiro atoms. The number of carboxylic acid groups (broad SMARTS) is 1. The van der Waals surface area contributed by atoms with Crippen molar-refractivity contribution in [2.45, 2.75) is 39.7 Å². The Hall–Kier alpha value is -1.10. The fourth-order valence-electron chi connectivity index (χ4n) is 1.26. The van der Waals surface area contributed by atoms with Gasteiger partial charge < -0.3 is 15.2 Å². The summed E-state index contributed by atoms with van der Waals surface area (Å²) in [6.45, 7) is 5.84. The molecule has 0 saturated heterocycles. The average molecular weight is 231 g/mol. The van der Waals surface area contributed by atoms with E-state index in [1.165, 1.54) is 0 Å². The van der Waals surface area contributed by atoms with Gasteiger partial charge >= 0.3 is 5.97 Å². The summed E-state index contributed by atoms with van der Waals surface area (Å²) in [5.74, 6) is -1.26. The zero-order valence-electron chi connectivity index (χ0n) is 10.4. The van der Waals surface area contributed by atoms with Gasteiger partial charge in [0.25, 0.3) is 0 Å². The van der Waals surface area contributed by atoms with Gasteiger partial charge in [-0.05, 0) is 11.8 Å². The Morgan fingerprint density at radius 1 is 1.38 bits per heavy atom. The highest BCUT2D eigenvalue weighted by molar-refractivity contribution is 5.84. The third-order valence-corrected chi connectivity index (χ3v) is 2.17. The lowest BCUT2D eigenvalue weighted by atomic mass is 9.86. The van der Waals surface area contributed by atoms with E-state index in [-0.39, 0.29) is 12.3 Å². The van der Waals surface area contributed by atoms with Crippen LogP contribution in [0.1, 0.15) is 33.6 Å². The number of nitrogens with one attached hydrogen (secondary N) is 1. The van der Waals surface area contributed by atoms with Crippen molar-refractivity contribution in [3.05, 3.63) is 0 Å². The largest absolute Gasteiger partial charge is 0.480 e. The van der Waals surface area contributed by atoms with E-state index in [2.05, 4.69) is 5.32 Å². The first-order valence-electron chi connectivity index (χ1n) is 5.30. The summed E-state index contributed by atoms with van der Waals surface area (Å²) in [5.41, 5.74) is -0.497. The number of aliphatic carboxylic acids is 1. The summed E-state index contributed by atoms with van der Waals surface area (Å²) < 4.78 is 4.82. The van der Waals surface area contributed by atoms with Crippen molar-refractivity contribution >= 4 is 11.9 Å². The lowest BCUT2D eigenvalue weighted by Crippen LogP contribution is -2.49. The summed E-state index contributed by atoms with van der Waals surface area (Å²) in [7, 11) is 1.56. The van der Waals surface area contributed by atoms with Crippen LogP contribution in [-0.2, 0) is 14.3 Å². The lowest BCUT2D eigenvalue weighted by Gasteiger charge is -2.27. The van der Waals surface area contributed by atoms with E-state index < -0.39 is 17.4 Å². The lowest BCUT2D eigenvalue weighted by molar-refractivity contribution is -0.145. The van der Waals surface area contributed by atoms with Crippen molar-refractivity contribution in [1.82, 2.24) is 5.32 Å². The van der Waals surface area contributed by atoms with Crippen molar-refractivity contribution < 1.29 is 19.4 Å². The second-order valence-corrected chi connectivity index (χ2v) is 4.80. The highest BCUT2D eigenvalue weighted by Gasteiger charge is 2.32. The molecule has 0 aromatic rings. The second kappa shape index (κ2) is 6.48. The van der Waals surface area contributed by atoms with Crippen LogP contribution in [0.3, 0.4) is 0 Å². The van der Waals surface area contributed by atoms with Crippen molar-refractivity contribution in [2.75, 3.05) is 13.7 Å². The Balaban J connectivity index is 4.21. The molecule has 0 aliphatic carbocycles. The fourth-order valence-corrected chi connectivity index (χ4v) is 1.26. The molecule has 5 nitrogen and oxygen atoms in total. The molecule has 1 amide bonds. The van der Waals surface area contributed by atoms with Gasteiger partial charge in [-0.1, -0.05) is 20.8 Å². The molecule has 0 aliphatic rings. The van der Waals surface area contributed by atoms with Crippen LogP contribution in [0.2, 0.25) is 0 Å². The first-order chi connectivity index (χ1) is 7.29. The highest BCUT2D eigenvalue weighted by Crippen LogP contribution is 2.19. The topological polar surface area (TPSA) is 75.6 Å². The minimum absolute atomic E-state index is 0.251. The van der Waals surface area contributed by atoms with E-state index in [0.717, 1.165) is 0 Å². The molecule has 1 atom stereocenters. The number of amides is 1. The van der Waals surface area contributed by atoms with Crippen molar-refractivity contribution in [2.24, 2.45) is 5.41 Å². The number of methoxy groups -OCH3 is 1. The molecule has 0 fully saturated rings. The third kappa shape index (κ3) is 5.70. The smallest absolute Gasteiger partial charge is 0.326 e. The highest BCUT2D eigenvalue weighted by atomic mass is 16.5. The predicted octanol–water partition coefficient (Wildman–Crippen LogP) is 1.03. The SMILES string of the molecule is COCCCC(=O)N[C@H](C(=O)O)C(C)(C)C. The van der Waals surface area contributed by atoms with Crippen LogP contribution in [0, 0.1) is 5.41 Å². The van der Waals surface area contributed by atoms with Crippen LogP contribution in [0.5, 0.6) is 0 Å². The van der Waals surface area contributed by atoms with Gasteiger partial charge in [-0.15, -0.1) is 0 Å². The Morgan fingerprint density at radius 2 is 1.94 bits per heavy atom. The van der Waals surface area contributed by atoms with E-state index >= 15 is 0 Å². The number of carbonyl (C=O) groups excluding carboxylic acids is 1. The van der Waals surface area contributed by atoms with Crippen LogP contribution < -0.4 is 5.32 Å². The zero-order valence-corrected chi connectivity index (χ0v) is 10.4. The molecule has 0 aromatic carbocycles. The minimum Gasteiger partial charge on any atom is -0.480 e. The molecule has 94 valence electrons. The summed E-state index contributed by atoms with van der Waals surface area (Å²) in [6.07, 6.45) is 0.881. The summed E-state index contributed by atoms with van der Waals surface area (Å²) in [5, 5.41) is 11.5. The third-order valence-electron chi connectivity index (χ3n) is 2.17. The summed E-state index contributed by atoms with van der Waals surface area (Å²) >= 11 is 0. The van der Waals surface area contributed by atoms with Crippen LogP contribution in [0.4, 0.5) is 0 Å². The van der Waals surface area contributed by atoms with Gasteiger partial charge in [0, 0.05) is 20.1 Å². The van der Waals surface area contributed by atoms with Gasteiger partial charge in [-0.3, -0.25) is 4.79 Å². The molecule has 0 heterocycles. The molecule has 2 N–H and O–H groups in total. The summed E-state index contributed by atoms with van der Waals surface area (Å²) in [6, 6.07) is -0.859. The van der Waals surface area contributed by atoms with Crippen molar-refractivity contribution in [3.8, 4) is 0 Å². The molecule has 0 aromatic heterocycles. The van der Waals surface area contributed by atoms with Gasteiger partial charge in [0.05, 0.1) is 0 Å². The standard InChI is InChI=1S/C11H21NO4/c1-11(2,3)9(10(14)15)12-8(13)6-5-7-16-4/h9H,5-7H2,1-4H3,(H,12,13)(H,14,15)/t9-/m1/s1. The fraction of sp³-hybridized carbons (Fsp3) is 0.818. The molecule has 5 heteroatoms. The van der Waals surface area contributed by atoms with E-state index in [9.17, 15) is 9.59 Å². The monoisotopic (exact) mass is 231 g/mol. The number of rotatable bonds is 6. The van der Waals surface area contributed by atoms with Crippen molar-refractivity contribution in [1.29, 1.82) is 0 Å². The Morgan fingerprint density at radius 3 is 2.31 bits per heavy atom. The number of carbonyl (C=O) groups is 2. The van der Waals surface area contributed by atoms with Crippen molar-refractivity contribution in [3.63, 3.8) is 0 Å². The normalized spacial score (nSPS) is 13.2. The van der Waals surface area contributed by atoms with Gasteiger partial charge in [0.1, 0.15) is 6.04 Å². The van der Waals surface area contributed by atoms with Gasteiger partial charge in [-0.25, -0.2) is 4.79 Å². The van der Waals surface area contributed by atoms with Gasteiger partial charge in [0.2, 0.25) is 5.91 Å². The number of hydrogen-bond donors (Lipinski definition) is 2. The number of hydrogen-bond acceptors (Lipinski definition) is 3. The van der Waals surface area contributed by atoms with E-state index in [1.807, 2.05) is 0 Å². The quantitative estimate of drug-likeness (QED) is 0.669. The molecule has 0 saturated carbocycles. The van der Waals surface area contributed by atoms with E-state index in [1.54, 1.807) is 27.9 Å². The molecular weight excluding hydrogens is 210 g/mol. The Labute approximate surface area is 96.2 Å². The molecule has 0 radical (unpaired) electrons. The molecule has 0 rings (SSSR count). The van der Waals surface area contributed by atoms with Crippen LogP contribution in [-0.4, -0.2) is 36.7 Å². The predicted molar refractivity (Wildman–Crippen MR) is 60.1 cm³/mol. The van der Waals surface area contributed by atoms with Gasteiger partial charge in [-0.2, -0.15) is 0 Å². The number of ether oxygens (including phenoxy) is 1. The summed E-state index contributed by atoms with van der Waals surface area (Å²) in [4.78, 5) is 22.4. The van der Waals surface area contributed by atoms with E-state index in [4.69, 9.17) is 9.84 Å². The van der Waals surface area contributed by atoms with Crippen LogP contribution in [0.15, 0.2) is 0 Å². The second-order valence-electron chi connectivity index (χ2n) is 4.80. The molecule has 0 aliphatic heterocycles. The first-order valence-corrected chi connectivity index (χ1v) is 5.30. The Kier molecular flexibility index (Phi) is 6.03. The molecule has 16 heavy (non-hydrogen) atoms. The molecular formula is C11H21NO4. The van der Waals surface area contributed by atoms with Gasteiger partial charge in [0.15, 0.2) is 0 Å². The average Bonchev–Trinajstić information content (AvgIpc) is 2.12. The minimum atomic E-state index is -1.01. The maximum atomic E-state index is 11.4.